The van der Waals surface area contributed by atoms with Crippen molar-refractivity contribution in [1.82, 2.24) is 0 Å². The topological polar surface area (TPSA) is 92.5 Å². The summed E-state index contributed by atoms with van der Waals surface area (Å²) in [7, 11) is 0. The number of carbonyl (C=O) groups is 1. The van der Waals surface area contributed by atoms with Crippen molar-refractivity contribution in [3.63, 3.8) is 0 Å². The van der Waals surface area contributed by atoms with Crippen LogP contribution in [0, 0.1) is 16.0 Å². The molecule has 0 spiro atoms. The number of anilines is 1. The highest BCUT2D eigenvalue weighted by Crippen LogP contribution is 2.31. The van der Waals surface area contributed by atoms with Gasteiger partial charge in [0.2, 0.25) is 0 Å². The average molecular weight is 250 g/mol. The van der Waals surface area contributed by atoms with Crippen molar-refractivity contribution in [2.24, 2.45) is 5.92 Å². The fraction of sp³-hybridized carbons (Fsp3) is 0.417. The Hall–Kier alpha value is -2.11. The van der Waals surface area contributed by atoms with Crippen LogP contribution in [0.25, 0.3) is 0 Å². The quantitative estimate of drug-likeness (QED) is 0.631. The van der Waals surface area contributed by atoms with E-state index in [9.17, 15) is 14.9 Å². The van der Waals surface area contributed by atoms with Crippen molar-refractivity contribution < 1.29 is 14.8 Å². The van der Waals surface area contributed by atoms with Crippen LogP contribution in [0.2, 0.25) is 0 Å². The Kier molecular flexibility index (Phi) is 3.45. The number of hydrogen-bond donors (Lipinski definition) is 2. The van der Waals surface area contributed by atoms with Crippen molar-refractivity contribution in [3.8, 4) is 0 Å². The zero-order chi connectivity index (χ0) is 13.1. The lowest BCUT2D eigenvalue weighted by molar-refractivity contribution is -0.384. The number of nitrogens with one attached hydrogen (secondary N) is 1. The van der Waals surface area contributed by atoms with Crippen LogP contribution in [0.15, 0.2) is 24.3 Å². The maximum Gasteiger partial charge on any atom is 0.306 e. The number of para-hydroxylation sites is 2. The first kappa shape index (κ1) is 12.3. The predicted molar refractivity (Wildman–Crippen MR) is 65.5 cm³/mol. The molecule has 2 N–H and O–H groups in total. The van der Waals surface area contributed by atoms with Gasteiger partial charge in [-0.05, 0) is 25.3 Å². The lowest BCUT2D eigenvalue weighted by atomic mass is 10.1. The Morgan fingerprint density at radius 3 is 2.72 bits per heavy atom. The Balaban J connectivity index is 2.07. The van der Waals surface area contributed by atoms with Gasteiger partial charge in [-0.3, -0.25) is 14.9 Å². The third-order valence-corrected chi connectivity index (χ3v) is 3.24. The van der Waals surface area contributed by atoms with Crippen LogP contribution >= 0.6 is 0 Å². The zero-order valence-corrected chi connectivity index (χ0v) is 9.70. The largest absolute Gasteiger partial charge is 0.481 e. The molecule has 0 aliphatic heterocycles. The van der Waals surface area contributed by atoms with Gasteiger partial charge in [0.05, 0.1) is 10.8 Å². The van der Waals surface area contributed by atoms with Gasteiger partial charge in [0.1, 0.15) is 5.69 Å². The molecule has 0 bridgehead atoms. The molecule has 18 heavy (non-hydrogen) atoms. The summed E-state index contributed by atoms with van der Waals surface area (Å²) in [6.45, 7) is 0. The molecule has 2 atom stereocenters. The Bertz CT molecular complexity index is 475. The number of benzene rings is 1. The minimum Gasteiger partial charge on any atom is -0.481 e. The van der Waals surface area contributed by atoms with E-state index in [1.807, 2.05) is 0 Å². The molecule has 1 aliphatic rings. The van der Waals surface area contributed by atoms with Gasteiger partial charge in [0, 0.05) is 12.1 Å². The molecule has 0 aromatic heterocycles. The molecule has 1 aromatic rings. The van der Waals surface area contributed by atoms with E-state index in [0.717, 1.165) is 6.42 Å². The second-order valence-electron chi connectivity index (χ2n) is 4.46. The molecule has 1 saturated carbocycles. The second-order valence-corrected chi connectivity index (χ2v) is 4.46. The smallest absolute Gasteiger partial charge is 0.306 e. The van der Waals surface area contributed by atoms with Crippen molar-refractivity contribution in [1.29, 1.82) is 0 Å². The number of nitro benzene ring substituents is 1. The third kappa shape index (κ3) is 2.58. The highest BCUT2D eigenvalue weighted by Gasteiger charge is 2.30. The molecule has 1 aromatic carbocycles. The first-order valence-corrected chi connectivity index (χ1v) is 5.80. The van der Waals surface area contributed by atoms with E-state index in [1.165, 1.54) is 6.07 Å². The number of nitrogens with zero attached hydrogens (tertiary/aromatic N) is 1. The van der Waals surface area contributed by atoms with Gasteiger partial charge in [0.25, 0.3) is 5.69 Å². The standard InChI is InChI=1S/C12H14N2O4/c15-12(16)8-5-6-9(7-8)13-10-3-1-2-4-11(10)14(17)18/h1-4,8-9,13H,5-7H2,(H,15,16)/t8-,9+/m1/s1. The van der Waals surface area contributed by atoms with Gasteiger partial charge in [0.15, 0.2) is 0 Å². The number of carboxylic acid groups (broad SMARTS) is 1. The number of hydrogen-bond acceptors (Lipinski definition) is 4. The molecule has 0 amide bonds. The number of rotatable bonds is 4. The number of nitro groups is 1. The highest BCUT2D eigenvalue weighted by atomic mass is 16.6. The van der Waals surface area contributed by atoms with Crippen LogP contribution in [-0.2, 0) is 4.79 Å². The molecule has 0 heterocycles. The van der Waals surface area contributed by atoms with Gasteiger partial charge >= 0.3 is 5.97 Å². The minimum atomic E-state index is -0.790. The summed E-state index contributed by atoms with van der Waals surface area (Å²) in [5.74, 6) is -1.13. The first-order valence-electron chi connectivity index (χ1n) is 5.80. The van der Waals surface area contributed by atoms with E-state index in [4.69, 9.17) is 5.11 Å². The zero-order valence-electron chi connectivity index (χ0n) is 9.70. The monoisotopic (exact) mass is 250 g/mol. The van der Waals surface area contributed by atoms with Crippen molar-refractivity contribution in [3.05, 3.63) is 34.4 Å². The maximum absolute atomic E-state index is 10.8. The SMILES string of the molecule is O=C(O)[C@@H]1CC[C@H](Nc2ccccc2[N+](=O)[O-])C1. The lowest BCUT2D eigenvalue weighted by Crippen LogP contribution is -2.18. The molecule has 6 heteroatoms. The van der Waals surface area contributed by atoms with E-state index >= 15 is 0 Å². The van der Waals surface area contributed by atoms with E-state index in [1.54, 1.807) is 18.2 Å². The summed E-state index contributed by atoms with van der Waals surface area (Å²) in [5, 5.41) is 22.8. The second kappa shape index (κ2) is 5.03. The van der Waals surface area contributed by atoms with Crippen LogP contribution in [0.5, 0.6) is 0 Å². The molecular weight excluding hydrogens is 236 g/mol. The normalized spacial score (nSPS) is 22.7. The molecule has 1 aliphatic carbocycles. The van der Waals surface area contributed by atoms with Crippen molar-refractivity contribution in [2.45, 2.75) is 25.3 Å². The van der Waals surface area contributed by atoms with Crippen molar-refractivity contribution >= 4 is 17.3 Å². The van der Waals surface area contributed by atoms with Gasteiger partial charge in [-0.25, -0.2) is 0 Å². The first-order chi connectivity index (χ1) is 8.58. The molecule has 6 nitrogen and oxygen atoms in total. The molecule has 96 valence electrons. The number of carboxylic acids is 1. The van der Waals surface area contributed by atoms with Crippen LogP contribution in [0.4, 0.5) is 11.4 Å². The molecule has 2 rings (SSSR count). The summed E-state index contributed by atoms with van der Waals surface area (Å²) < 4.78 is 0. The highest BCUT2D eigenvalue weighted by molar-refractivity contribution is 5.71. The van der Waals surface area contributed by atoms with Crippen LogP contribution in [-0.4, -0.2) is 22.0 Å². The van der Waals surface area contributed by atoms with E-state index in [0.29, 0.717) is 18.5 Å². The summed E-state index contributed by atoms with van der Waals surface area (Å²) >= 11 is 0. The molecule has 0 radical (unpaired) electrons. The number of aliphatic carboxylic acids is 1. The van der Waals surface area contributed by atoms with E-state index in [-0.39, 0.29) is 17.6 Å². The van der Waals surface area contributed by atoms with Crippen LogP contribution in [0.3, 0.4) is 0 Å². The van der Waals surface area contributed by atoms with Crippen LogP contribution < -0.4 is 5.32 Å². The summed E-state index contributed by atoms with van der Waals surface area (Å²) in [6.07, 6.45) is 1.86. The minimum absolute atomic E-state index is 0.00722. The van der Waals surface area contributed by atoms with Crippen molar-refractivity contribution in [2.75, 3.05) is 5.32 Å². The predicted octanol–water partition coefficient (Wildman–Crippen LogP) is 2.26. The van der Waals surface area contributed by atoms with Gasteiger partial charge in [-0.2, -0.15) is 0 Å². The van der Waals surface area contributed by atoms with Gasteiger partial charge in [-0.1, -0.05) is 12.1 Å². The molecule has 0 saturated heterocycles. The maximum atomic E-state index is 10.8. The molecular formula is C12H14N2O4. The summed E-state index contributed by atoms with van der Waals surface area (Å²) in [6, 6.07) is 6.40. The average Bonchev–Trinajstić information content (AvgIpc) is 2.78. The molecule has 1 fully saturated rings. The van der Waals surface area contributed by atoms with Crippen LogP contribution in [0.1, 0.15) is 19.3 Å². The fourth-order valence-corrected chi connectivity index (χ4v) is 2.31. The molecule has 0 unspecified atom stereocenters. The fourth-order valence-electron chi connectivity index (χ4n) is 2.31. The van der Waals surface area contributed by atoms with Gasteiger partial charge in [-0.15, -0.1) is 0 Å². The Labute approximate surface area is 104 Å². The Morgan fingerprint density at radius 1 is 1.39 bits per heavy atom. The third-order valence-electron chi connectivity index (χ3n) is 3.24. The van der Waals surface area contributed by atoms with E-state index in [2.05, 4.69) is 5.32 Å². The summed E-state index contributed by atoms with van der Waals surface area (Å²) in [4.78, 5) is 21.2. The Morgan fingerprint density at radius 2 is 2.11 bits per heavy atom. The lowest BCUT2D eigenvalue weighted by Gasteiger charge is -2.13. The van der Waals surface area contributed by atoms with E-state index < -0.39 is 10.9 Å². The summed E-state index contributed by atoms with van der Waals surface area (Å²) in [5.41, 5.74) is 0.481. The van der Waals surface area contributed by atoms with Gasteiger partial charge < -0.3 is 10.4 Å².